The summed E-state index contributed by atoms with van der Waals surface area (Å²) < 4.78 is 39.6. The van der Waals surface area contributed by atoms with Gasteiger partial charge in [-0.15, -0.1) is 0 Å². The highest BCUT2D eigenvalue weighted by Gasteiger charge is 2.23. The Balaban J connectivity index is 2.30. The first kappa shape index (κ1) is 16.1. The molecule has 2 aromatic carbocycles. The third-order valence-electron chi connectivity index (χ3n) is 3.07. The largest absolute Gasteiger partial charge is 0.244 e. The van der Waals surface area contributed by atoms with Crippen LogP contribution in [0.2, 0.25) is 0 Å². The number of rotatable bonds is 4. The number of halogens is 2. The molecule has 2 rings (SSSR count). The number of sulfonamides is 1. The Morgan fingerprint density at radius 3 is 2.52 bits per heavy atom. The Bertz CT molecular complexity index is 762. The van der Waals surface area contributed by atoms with Crippen LogP contribution in [-0.2, 0) is 16.6 Å². The van der Waals surface area contributed by atoms with Gasteiger partial charge in [0.05, 0.1) is 4.90 Å². The molecule has 0 N–H and O–H groups in total. The van der Waals surface area contributed by atoms with Gasteiger partial charge < -0.3 is 0 Å². The summed E-state index contributed by atoms with van der Waals surface area (Å²) >= 11 is 3.10. The van der Waals surface area contributed by atoms with Crippen molar-refractivity contribution in [1.82, 2.24) is 4.31 Å². The van der Waals surface area contributed by atoms with Gasteiger partial charge in [0.15, 0.2) is 0 Å². The summed E-state index contributed by atoms with van der Waals surface area (Å²) in [7, 11) is -2.17. The van der Waals surface area contributed by atoms with Crippen LogP contribution in [0.5, 0.6) is 0 Å². The van der Waals surface area contributed by atoms with Crippen LogP contribution in [-0.4, -0.2) is 19.8 Å². The van der Waals surface area contributed by atoms with Crippen LogP contribution in [0.3, 0.4) is 0 Å². The number of benzene rings is 2. The van der Waals surface area contributed by atoms with Crippen LogP contribution in [0.1, 0.15) is 11.1 Å². The first-order chi connectivity index (χ1) is 9.80. The molecule has 0 aliphatic carbocycles. The van der Waals surface area contributed by atoms with Crippen molar-refractivity contribution in [3.8, 4) is 0 Å². The molecule has 0 aliphatic rings. The summed E-state index contributed by atoms with van der Waals surface area (Å²) in [4.78, 5) is 0.0547. The summed E-state index contributed by atoms with van der Waals surface area (Å²) in [5, 5.41) is 0. The highest BCUT2D eigenvalue weighted by atomic mass is 79.9. The van der Waals surface area contributed by atoms with Crippen molar-refractivity contribution in [1.29, 1.82) is 0 Å². The van der Waals surface area contributed by atoms with Crippen molar-refractivity contribution >= 4 is 26.0 Å². The van der Waals surface area contributed by atoms with Crippen LogP contribution in [0.4, 0.5) is 4.39 Å². The van der Waals surface area contributed by atoms with Crippen LogP contribution in [0.25, 0.3) is 0 Å². The van der Waals surface area contributed by atoms with Crippen molar-refractivity contribution in [2.75, 3.05) is 7.05 Å². The van der Waals surface area contributed by atoms with Gasteiger partial charge in [-0.3, -0.25) is 0 Å². The molecule has 0 spiro atoms. The van der Waals surface area contributed by atoms with E-state index in [2.05, 4.69) is 15.9 Å². The Morgan fingerprint density at radius 2 is 1.90 bits per heavy atom. The molecular formula is C15H15BrFNO2S. The van der Waals surface area contributed by atoms with Gasteiger partial charge in [-0.25, -0.2) is 12.8 Å². The van der Waals surface area contributed by atoms with E-state index in [4.69, 9.17) is 0 Å². The minimum Gasteiger partial charge on any atom is -0.207 e. The van der Waals surface area contributed by atoms with E-state index in [1.165, 1.54) is 17.4 Å². The molecule has 0 unspecified atom stereocenters. The molecule has 6 heteroatoms. The first-order valence-corrected chi connectivity index (χ1v) is 8.51. The lowest BCUT2D eigenvalue weighted by molar-refractivity contribution is 0.466. The van der Waals surface area contributed by atoms with Crippen LogP contribution >= 0.6 is 15.9 Å². The van der Waals surface area contributed by atoms with E-state index >= 15 is 0 Å². The maximum Gasteiger partial charge on any atom is 0.244 e. The number of hydrogen-bond acceptors (Lipinski definition) is 2. The molecule has 0 saturated heterocycles. The molecule has 0 saturated carbocycles. The second-order valence-electron chi connectivity index (χ2n) is 4.82. The van der Waals surface area contributed by atoms with Crippen molar-refractivity contribution in [2.45, 2.75) is 18.4 Å². The van der Waals surface area contributed by atoms with E-state index in [-0.39, 0.29) is 15.9 Å². The molecule has 2 aromatic rings. The van der Waals surface area contributed by atoms with Gasteiger partial charge >= 0.3 is 0 Å². The van der Waals surface area contributed by atoms with Gasteiger partial charge in [0, 0.05) is 18.1 Å². The van der Waals surface area contributed by atoms with Gasteiger partial charge in [-0.2, -0.15) is 4.31 Å². The Labute approximate surface area is 132 Å². The highest BCUT2D eigenvalue weighted by molar-refractivity contribution is 9.10. The smallest absolute Gasteiger partial charge is 0.207 e. The first-order valence-electron chi connectivity index (χ1n) is 6.27. The molecular weight excluding hydrogens is 357 g/mol. The van der Waals surface area contributed by atoms with E-state index < -0.39 is 15.8 Å². The summed E-state index contributed by atoms with van der Waals surface area (Å²) in [5.74, 6) is -0.484. The Hall–Kier alpha value is -1.24. The molecule has 3 nitrogen and oxygen atoms in total. The molecule has 0 bridgehead atoms. The standard InChI is InChI=1S/C15H15BrFNO2S/c1-11-4-3-5-12(8-11)10-18(2)21(19,20)15-7-6-13(17)9-14(15)16/h3-9H,10H2,1-2H3. The minimum absolute atomic E-state index is 0.0547. The average molecular weight is 372 g/mol. The Kier molecular flexibility index (Phi) is 4.81. The van der Waals surface area contributed by atoms with Crippen LogP contribution in [0.15, 0.2) is 51.8 Å². The lowest BCUT2D eigenvalue weighted by atomic mass is 10.1. The van der Waals surface area contributed by atoms with Crippen molar-refractivity contribution in [3.63, 3.8) is 0 Å². The van der Waals surface area contributed by atoms with Gasteiger partial charge in [-0.1, -0.05) is 29.8 Å². The molecule has 0 aliphatic heterocycles. The zero-order valence-electron chi connectivity index (χ0n) is 11.7. The molecule has 0 fully saturated rings. The average Bonchev–Trinajstić information content (AvgIpc) is 2.38. The van der Waals surface area contributed by atoms with Crippen molar-refractivity contribution in [2.24, 2.45) is 0 Å². The van der Waals surface area contributed by atoms with E-state index in [0.717, 1.165) is 23.3 Å². The molecule has 0 amide bonds. The zero-order valence-corrected chi connectivity index (χ0v) is 14.1. The van der Waals surface area contributed by atoms with E-state index in [1.54, 1.807) is 0 Å². The minimum atomic E-state index is -3.68. The predicted octanol–water partition coefficient (Wildman–Crippen LogP) is 3.72. The molecule has 0 heterocycles. The van der Waals surface area contributed by atoms with Gasteiger partial charge in [-0.05, 0) is 46.6 Å². The van der Waals surface area contributed by atoms with Crippen LogP contribution in [0, 0.1) is 12.7 Å². The maximum absolute atomic E-state index is 13.1. The highest BCUT2D eigenvalue weighted by Crippen LogP contribution is 2.26. The van der Waals surface area contributed by atoms with E-state index in [9.17, 15) is 12.8 Å². The third kappa shape index (κ3) is 3.70. The molecule has 0 aromatic heterocycles. The molecule has 0 radical (unpaired) electrons. The fourth-order valence-electron chi connectivity index (χ4n) is 2.00. The number of nitrogens with zero attached hydrogens (tertiary/aromatic N) is 1. The van der Waals surface area contributed by atoms with Gasteiger partial charge in [0.1, 0.15) is 5.82 Å². The molecule has 21 heavy (non-hydrogen) atoms. The maximum atomic E-state index is 13.1. The monoisotopic (exact) mass is 371 g/mol. The quantitative estimate of drug-likeness (QED) is 0.821. The fraction of sp³-hybridized carbons (Fsp3) is 0.200. The normalized spacial score (nSPS) is 11.9. The fourth-order valence-corrected chi connectivity index (χ4v) is 4.17. The van der Waals surface area contributed by atoms with E-state index in [0.29, 0.717) is 0 Å². The summed E-state index contributed by atoms with van der Waals surface area (Å²) in [6.45, 7) is 2.21. The SMILES string of the molecule is Cc1cccc(CN(C)S(=O)(=O)c2ccc(F)cc2Br)c1. The second-order valence-corrected chi connectivity index (χ2v) is 7.69. The third-order valence-corrected chi connectivity index (χ3v) is 5.85. The summed E-state index contributed by atoms with van der Waals surface area (Å²) in [5.41, 5.74) is 1.97. The lowest BCUT2D eigenvalue weighted by Gasteiger charge is -2.18. The molecule has 112 valence electrons. The topological polar surface area (TPSA) is 37.4 Å². The number of aryl methyl sites for hydroxylation is 1. The van der Waals surface area contributed by atoms with Crippen molar-refractivity contribution < 1.29 is 12.8 Å². The lowest BCUT2D eigenvalue weighted by Crippen LogP contribution is -2.26. The summed E-state index contributed by atoms with van der Waals surface area (Å²) in [6.07, 6.45) is 0. The van der Waals surface area contributed by atoms with E-state index in [1.807, 2.05) is 31.2 Å². The summed E-state index contributed by atoms with van der Waals surface area (Å²) in [6, 6.07) is 11.2. The van der Waals surface area contributed by atoms with Gasteiger partial charge in [0.25, 0.3) is 0 Å². The predicted molar refractivity (Wildman–Crippen MR) is 83.9 cm³/mol. The van der Waals surface area contributed by atoms with Crippen molar-refractivity contribution in [3.05, 3.63) is 63.9 Å². The van der Waals surface area contributed by atoms with Gasteiger partial charge in [0.2, 0.25) is 10.0 Å². The number of hydrogen-bond donors (Lipinski definition) is 0. The van der Waals surface area contributed by atoms with Crippen LogP contribution < -0.4 is 0 Å². The Morgan fingerprint density at radius 1 is 1.19 bits per heavy atom. The zero-order chi connectivity index (χ0) is 15.6. The molecule has 0 atom stereocenters. The second kappa shape index (κ2) is 6.25.